The van der Waals surface area contributed by atoms with Crippen LogP contribution in [0.1, 0.15) is 13.3 Å². The van der Waals surface area contributed by atoms with Crippen LogP contribution in [0.15, 0.2) is 0 Å². The summed E-state index contributed by atoms with van der Waals surface area (Å²) in [5, 5.41) is 1.56. The fourth-order valence-electron chi connectivity index (χ4n) is 0.769. The number of rotatable bonds is 0. The number of carbonyl (C=O) groups excluding carboxylic acids is 1. The molecular weight excluding hydrogens is 187 g/mol. The van der Waals surface area contributed by atoms with Crippen molar-refractivity contribution in [1.29, 1.82) is 0 Å². The first-order valence-electron chi connectivity index (χ1n) is 3.07. The van der Waals surface area contributed by atoms with Crippen LogP contribution in [0.4, 0.5) is 0 Å². The van der Waals surface area contributed by atoms with E-state index >= 15 is 0 Å². The molecule has 0 aromatic carbocycles. The minimum Gasteiger partial charge on any atom is -0.274 e. The first-order chi connectivity index (χ1) is 4.30. The van der Waals surface area contributed by atoms with E-state index in [4.69, 9.17) is 0 Å². The first kappa shape index (κ1) is 19.9. The van der Waals surface area contributed by atoms with Gasteiger partial charge < -0.3 is 0 Å². The summed E-state index contributed by atoms with van der Waals surface area (Å²) in [7, 11) is 0. The molecule has 1 aliphatic rings. The van der Waals surface area contributed by atoms with E-state index in [2.05, 4.69) is 11.0 Å². The molecule has 0 aromatic heterocycles. The Hall–Kier alpha value is 2.39. The van der Waals surface area contributed by atoms with Crippen molar-refractivity contribution in [3.63, 3.8) is 0 Å². The maximum atomic E-state index is 10.6. The zero-order valence-corrected chi connectivity index (χ0v) is 14.5. The van der Waals surface area contributed by atoms with Crippen molar-refractivity contribution in [3.05, 3.63) is 0 Å². The second-order valence-corrected chi connectivity index (χ2v) is 2.06. The molecule has 1 fully saturated rings. The van der Waals surface area contributed by atoms with E-state index in [1.165, 1.54) is 0 Å². The van der Waals surface area contributed by atoms with Gasteiger partial charge >= 0.3 is 0 Å². The van der Waals surface area contributed by atoms with Gasteiger partial charge in [0.2, 0.25) is 5.91 Å². The summed E-state index contributed by atoms with van der Waals surface area (Å²) < 4.78 is 0. The van der Waals surface area contributed by atoms with Gasteiger partial charge in [0.25, 0.3) is 0 Å². The van der Waals surface area contributed by atoms with Crippen LogP contribution < -0.4 is 11.0 Å². The normalized spacial score (nSPS) is 14.9. The van der Waals surface area contributed by atoms with Crippen molar-refractivity contribution < 1.29 is 4.79 Å². The smallest absolute Gasteiger partial charge is 0.234 e. The second-order valence-electron chi connectivity index (χ2n) is 2.06. The van der Waals surface area contributed by atoms with Gasteiger partial charge in [0.15, 0.2) is 0 Å². The summed E-state index contributed by atoms with van der Waals surface area (Å²) in [5.74, 6) is 0.0576. The molecule has 0 atom stereocenters. The summed E-state index contributed by atoms with van der Waals surface area (Å²) in [6, 6.07) is 0. The van der Waals surface area contributed by atoms with Gasteiger partial charge in [-0.15, -0.1) is 0 Å². The van der Waals surface area contributed by atoms with E-state index in [0.29, 0.717) is 0 Å². The Kier molecular flexibility index (Phi) is 19.0. The van der Waals surface area contributed by atoms with Gasteiger partial charge in [0.1, 0.15) is 0 Å². The molecule has 0 spiro atoms. The molecule has 3 radical (unpaired) electrons. The van der Waals surface area contributed by atoms with Crippen LogP contribution in [0.5, 0.6) is 0 Å². The molecule has 12 heavy (non-hydrogen) atoms. The summed E-state index contributed by atoms with van der Waals surface area (Å²) in [4.78, 5) is 10.6. The molecule has 55 valence electrons. The molecule has 4 nitrogen and oxygen atoms in total. The van der Waals surface area contributed by atoms with Gasteiger partial charge in [-0.05, 0) is 6.42 Å². The number of hydrogen-bond acceptors (Lipinski definition) is 3. The van der Waals surface area contributed by atoms with Crippen molar-refractivity contribution in [2.24, 2.45) is 0 Å². The Morgan fingerprint density at radius 1 is 1.33 bits per heavy atom. The van der Waals surface area contributed by atoms with E-state index in [1.807, 2.05) is 0 Å². The van der Waals surface area contributed by atoms with Crippen molar-refractivity contribution in [2.45, 2.75) is 13.3 Å². The fraction of sp³-hybridized carbons (Fsp3) is 0.800. The Balaban J connectivity index is -0.000000270. The number of hydrogen-bond donors (Lipinski definition) is 2. The Morgan fingerprint density at radius 3 is 2.17 bits per heavy atom. The summed E-state index contributed by atoms with van der Waals surface area (Å²) in [6.07, 6.45) is 1.02. The SMILES string of the molecule is CC(=O)N1CCCNN1.[Na].[Na].[Na]. The minimum absolute atomic E-state index is 0. The molecule has 2 N–H and O–H groups in total. The van der Waals surface area contributed by atoms with E-state index in [0.717, 1.165) is 19.5 Å². The maximum Gasteiger partial charge on any atom is 0.234 e. The molecular formula is C5H11N3Na3O. The molecule has 0 aromatic rings. The third-order valence-corrected chi connectivity index (χ3v) is 1.28. The van der Waals surface area contributed by atoms with E-state index in [1.54, 1.807) is 11.9 Å². The standard InChI is InChI=1S/C5H11N3O.3Na/c1-5(9)8-4-2-3-6-7-8;;;/h6-7H,2-4H2,1H3;;;. The first-order valence-corrected chi connectivity index (χ1v) is 3.07. The molecule has 1 saturated heterocycles. The quantitative estimate of drug-likeness (QED) is 0.447. The molecule has 1 rings (SSSR count). The van der Waals surface area contributed by atoms with Gasteiger partial charge in [-0.25, -0.2) is 5.43 Å². The largest absolute Gasteiger partial charge is 0.274 e. The summed E-state index contributed by atoms with van der Waals surface area (Å²) >= 11 is 0. The number of amides is 1. The summed E-state index contributed by atoms with van der Waals surface area (Å²) in [5.41, 5.74) is 5.62. The van der Waals surface area contributed by atoms with Crippen molar-refractivity contribution >= 4 is 94.6 Å². The zero-order chi connectivity index (χ0) is 6.69. The van der Waals surface area contributed by atoms with Crippen molar-refractivity contribution in [2.75, 3.05) is 13.1 Å². The molecule has 0 unspecified atom stereocenters. The average Bonchev–Trinajstić information content (AvgIpc) is 1.90. The minimum atomic E-state index is 0. The van der Waals surface area contributed by atoms with Gasteiger partial charge in [-0.3, -0.25) is 9.80 Å². The monoisotopic (exact) mass is 198 g/mol. The van der Waals surface area contributed by atoms with E-state index in [-0.39, 0.29) is 94.6 Å². The van der Waals surface area contributed by atoms with Crippen LogP contribution in [0, 0.1) is 0 Å². The Morgan fingerprint density at radius 2 is 1.92 bits per heavy atom. The fourth-order valence-corrected chi connectivity index (χ4v) is 0.769. The Bertz CT molecular complexity index is 119. The third kappa shape index (κ3) is 7.76. The third-order valence-electron chi connectivity index (χ3n) is 1.28. The van der Waals surface area contributed by atoms with Crippen LogP contribution >= 0.6 is 0 Å². The van der Waals surface area contributed by atoms with Crippen LogP contribution in [0.2, 0.25) is 0 Å². The number of carbonyl (C=O) groups is 1. The van der Waals surface area contributed by atoms with Crippen LogP contribution in [-0.2, 0) is 4.79 Å². The predicted molar refractivity (Wildman–Crippen MR) is 50.4 cm³/mol. The van der Waals surface area contributed by atoms with Gasteiger partial charge in [-0.1, -0.05) is 0 Å². The molecule has 1 heterocycles. The number of nitrogens with zero attached hydrogens (tertiary/aromatic N) is 1. The Labute approximate surface area is 139 Å². The van der Waals surface area contributed by atoms with Crippen molar-refractivity contribution in [1.82, 2.24) is 16.0 Å². The van der Waals surface area contributed by atoms with Gasteiger partial charge in [0.05, 0.1) is 0 Å². The molecule has 1 aliphatic heterocycles. The van der Waals surface area contributed by atoms with Crippen LogP contribution in [0.3, 0.4) is 0 Å². The zero-order valence-electron chi connectivity index (χ0n) is 8.48. The molecule has 7 heteroatoms. The second kappa shape index (κ2) is 11.5. The average molecular weight is 198 g/mol. The predicted octanol–water partition coefficient (Wildman–Crippen LogP) is -1.89. The van der Waals surface area contributed by atoms with Crippen LogP contribution in [-0.4, -0.2) is 113 Å². The topological polar surface area (TPSA) is 44.4 Å². The van der Waals surface area contributed by atoms with E-state index in [9.17, 15) is 4.79 Å². The van der Waals surface area contributed by atoms with Gasteiger partial charge in [-0.2, -0.15) is 5.53 Å². The summed E-state index contributed by atoms with van der Waals surface area (Å²) in [6.45, 7) is 3.28. The van der Waals surface area contributed by atoms with E-state index < -0.39 is 0 Å². The number of nitrogens with one attached hydrogen (secondary N) is 2. The molecule has 1 amide bonds. The molecule has 0 saturated carbocycles. The number of hydrazine groups is 2. The van der Waals surface area contributed by atoms with Crippen molar-refractivity contribution in [3.8, 4) is 0 Å². The molecule has 0 bridgehead atoms. The molecule has 0 aliphatic carbocycles. The van der Waals surface area contributed by atoms with Crippen LogP contribution in [0.25, 0.3) is 0 Å². The maximum absolute atomic E-state index is 10.6. The van der Waals surface area contributed by atoms with Gasteiger partial charge in [0, 0.05) is 109 Å².